The third kappa shape index (κ3) is 18.1. The van der Waals surface area contributed by atoms with Crippen molar-refractivity contribution in [1.82, 2.24) is 44.4 Å². The standard InChI is InChI=1S/3C25H37N3O3/c3*1-25(2,3)31-24(30)28-14-10-19(11-15-28)23(17-29)27-12-8-18(9-13-27)21-16-26-22-7-5-4-6-20(21)22/h3*4-7,16,18-19,23,26,29H,8-15,17H2,1-3H3/t2*23-;/m10./s1. The molecule has 3 aromatic heterocycles. The number of carbonyl (C=O) groups is 3. The zero-order valence-corrected chi connectivity index (χ0v) is 57.4. The molecule has 9 heterocycles. The summed E-state index contributed by atoms with van der Waals surface area (Å²) in [5.41, 5.74) is 6.55. The normalized spacial score (nSPS) is 20.8. The third-order valence-electron chi connectivity index (χ3n) is 20.9. The van der Waals surface area contributed by atoms with E-state index in [2.05, 4.69) is 121 Å². The fraction of sp³-hybridized carbons (Fsp3) is 0.640. The van der Waals surface area contributed by atoms with Crippen LogP contribution < -0.4 is 0 Å². The number of H-pyrrole nitrogens is 3. The molecule has 1 unspecified atom stereocenters. The summed E-state index contributed by atoms with van der Waals surface area (Å²) in [5.74, 6) is 2.98. The maximum Gasteiger partial charge on any atom is 0.410 e. The average molecular weight is 1280 g/mol. The largest absolute Gasteiger partial charge is 0.444 e. The highest BCUT2D eigenvalue weighted by molar-refractivity contribution is 5.85. The maximum atomic E-state index is 12.3. The van der Waals surface area contributed by atoms with E-state index >= 15 is 0 Å². The van der Waals surface area contributed by atoms with E-state index in [1.807, 2.05) is 77.0 Å². The average Bonchev–Trinajstić information content (AvgIpc) is 1.78. The van der Waals surface area contributed by atoms with Crippen LogP contribution in [0.1, 0.15) is 174 Å². The molecule has 6 aliphatic rings. The number of para-hydroxylation sites is 3. The van der Waals surface area contributed by atoms with Gasteiger partial charge in [0.15, 0.2) is 0 Å². The van der Waals surface area contributed by atoms with Gasteiger partial charge in [-0.05, 0) is 249 Å². The Morgan fingerprint density at radius 2 is 0.602 bits per heavy atom. The zero-order chi connectivity index (χ0) is 66.0. The number of nitrogens with one attached hydrogen (secondary N) is 3. The molecule has 510 valence electrons. The highest BCUT2D eigenvalue weighted by atomic mass is 16.6. The van der Waals surface area contributed by atoms with Crippen molar-refractivity contribution in [3.8, 4) is 0 Å². The number of aliphatic hydroxyl groups excluding tert-OH is 3. The Morgan fingerprint density at radius 3 is 0.817 bits per heavy atom. The second kappa shape index (κ2) is 31.2. The smallest absolute Gasteiger partial charge is 0.410 e. The number of carbonyl (C=O) groups excluding carboxylic acids is 3. The van der Waals surface area contributed by atoms with Gasteiger partial charge in [0.1, 0.15) is 16.8 Å². The summed E-state index contributed by atoms with van der Waals surface area (Å²) in [4.78, 5) is 60.2. The van der Waals surface area contributed by atoms with Crippen molar-refractivity contribution in [1.29, 1.82) is 0 Å². The van der Waals surface area contributed by atoms with Gasteiger partial charge in [-0.2, -0.15) is 0 Å². The monoisotopic (exact) mass is 1280 g/mol. The molecule has 6 saturated heterocycles. The number of nitrogens with zero attached hydrogens (tertiary/aromatic N) is 6. The molecule has 3 atom stereocenters. The van der Waals surface area contributed by atoms with Gasteiger partial charge in [-0.3, -0.25) is 14.7 Å². The van der Waals surface area contributed by atoms with Crippen molar-refractivity contribution in [2.75, 3.05) is 98.4 Å². The summed E-state index contributed by atoms with van der Waals surface area (Å²) in [6.07, 6.45) is 18.2. The van der Waals surface area contributed by atoms with Gasteiger partial charge in [0.2, 0.25) is 0 Å². The Hall–Kier alpha value is -6.15. The number of hydrogen-bond acceptors (Lipinski definition) is 12. The zero-order valence-electron chi connectivity index (χ0n) is 57.4. The van der Waals surface area contributed by atoms with Crippen molar-refractivity contribution >= 4 is 51.0 Å². The molecule has 93 heavy (non-hydrogen) atoms. The molecule has 0 bridgehead atoms. The van der Waals surface area contributed by atoms with E-state index in [1.165, 1.54) is 49.4 Å². The van der Waals surface area contributed by atoms with Crippen LogP contribution in [0.4, 0.5) is 14.4 Å². The maximum absolute atomic E-state index is 12.3. The topological polar surface area (TPSA) is 206 Å². The van der Waals surface area contributed by atoms with Crippen LogP contribution in [0.3, 0.4) is 0 Å². The molecule has 18 nitrogen and oxygen atoms in total. The summed E-state index contributed by atoms with van der Waals surface area (Å²) in [6, 6.07) is 26.2. The second-order valence-electron chi connectivity index (χ2n) is 30.5. The number of rotatable bonds is 12. The van der Waals surface area contributed by atoms with E-state index in [0.29, 0.717) is 74.8 Å². The summed E-state index contributed by atoms with van der Waals surface area (Å²) in [7, 11) is 0. The number of amides is 3. The van der Waals surface area contributed by atoms with Crippen LogP contribution in [-0.4, -0.2) is 211 Å². The molecular formula is C75H111N9O9. The molecule has 0 aliphatic carbocycles. The van der Waals surface area contributed by atoms with E-state index in [-0.39, 0.29) is 56.2 Å². The van der Waals surface area contributed by atoms with Crippen molar-refractivity contribution in [2.24, 2.45) is 17.8 Å². The van der Waals surface area contributed by atoms with Crippen molar-refractivity contribution in [2.45, 2.75) is 192 Å². The molecule has 6 fully saturated rings. The summed E-state index contributed by atoms with van der Waals surface area (Å²) < 4.78 is 16.6. The minimum Gasteiger partial charge on any atom is -0.444 e. The van der Waals surface area contributed by atoms with Gasteiger partial charge in [0.05, 0.1) is 19.8 Å². The molecule has 18 heteroatoms. The molecule has 3 aromatic carbocycles. The first-order valence-corrected chi connectivity index (χ1v) is 35.2. The number of aromatic nitrogens is 3. The van der Waals surface area contributed by atoms with Crippen LogP contribution in [0, 0.1) is 17.8 Å². The minimum absolute atomic E-state index is 0.185. The van der Waals surface area contributed by atoms with Gasteiger partial charge < -0.3 is 59.2 Å². The van der Waals surface area contributed by atoms with Crippen LogP contribution in [0.15, 0.2) is 91.4 Å². The van der Waals surface area contributed by atoms with Gasteiger partial charge in [-0.25, -0.2) is 14.4 Å². The SMILES string of the molecule is CC(C)(C)OC(=O)N1CCC(C(CO)N2CCC(c3c[nH]c4ccccc34)CC2)CC1.CC(C)(C)OC(=O)N1CCC([C@@H](CO)N2CCC(c3c[nH]c4ccccc34)CC2)CC1.CC(C)(C)OC(=O)N1CCC([C@H](CO)N2CCC(c3c[nH]c4ccccc34)CC2)CC1. The van der Waals surface area contributed by atoms with Gasteiger partial charge in [-0.1, -0.05) is 54.6 Å². The number of aliphatic hydroxyl groups is 3. The number of aromatic amines is 3. The Labute approximate surface area is 553 Å². The molecule has 6 aliphatic heterocycles. The van der Waals surface area contributed by atoms with Crippen molar-refractivity contribution in [3.05, 3.63) is 108 Å². The Bertz CT molecular complexity index is 2960. The minimum atomic E-state index is -0.462. The van der Waals surface area contributed by atoms with Crippen LogP contribution in [0.2, 0.25) is 0 Å². The van der Waals surface area contributed by atoms with Crippen LogP contribution in [0.25, 0.3) is 32.7 Å². The van der Waals surface area contributed by atoms with Crippen molar-refractivity contribution < 1.29 is 43.9 Å². The lowest BCUT2D eigenvalue weighted by molar-refractivity contribution is 0.00384. The van der Waals surface area contributed by atoms with E-state index in [4.69, 9.17) is 14.2 Å². The molecule has 0 spiro atoms. The lowest BCUT2D eigenvalue weighted by Gasteiger charge is -2.43. The number of piperidine rings is 6. The Balaban J connectivity index is 0.000000153. The lowest BCUT2D eigenvalue weighted by Crippen LogP contribution is -2.51. The summed E-state index contributed by atoms with van der Waals surface area (Å²) >= 11 is 0. The van der Waals surface area contributed by atoms with Gasteiger partial charge >= 0.3 is 18.3 Å². The number of fused-ring (bicyclic) bond motifs is 3. The molecule has 3 amide bonds. The summed E-state index contributed by atoms with van der Waals surface area (Å²) in [5, 5.41) is 34.6. The Kier molecular flexibility index (Phi) is 23.3. The predicted molar refractivity (Wildman–Crippen MR) is 370 cm³/mol. The highest BCUT2D eigenvalue weighted by Gasteiger charge is 2.39. The highest BCUT2D eigenvalue weighted by Crippen LogP contribution is 2.39. The quantitative estimate of drug-likeness (QED) is 0.0633. The summed E-state index contributed by atoms with van der Waals surface area (Å²) in [6.45, 7) is 28.0. The van der Waals surface area contributed by atoms with Gasteiger partial charge in [0.25, 0.3) is 0 Å². The number of benzene rings is 3. The fourth-order valence-corrected chi connectivity index (χ4v) is 16.0. The van der Waals surface area contributed by atoms with Crippen molar-refractivity contribution in [3.63, 3.8) is 0 Å². The first kappa shape index (κ1) is 69.7. The van der Waals surface area contributed by atoms with Crippen LogP contribution >= 0.6 is 0 Å². The molecule has 0 radical (unpaired) electrons. The first-order valence-electron chi connectivity index (χ1n) is 35.2. The van der Waals surface area contributed by atoms with Gasteiger partial charge in [0, 0.05) is 109 Å². The second-order valence-corrected chi connectivity index (χ2v) is 30.5. The number of hydrogen-bond donors (Lipinski definition) is 6. The van der Waals surface area contributed by atoms with Crippen LogP contribution in [-0.2, 0) is 14.2 Å². The van der Waals surface area contributed by atoms with E-state index in [0.717, 1.165) is 116 Å². The molecule has 6 aromatic rings. The molecule has 6 N–H and O–H groups in total. The number of ether oxygens (including phenoxy) is 3. The predicted octanol–water partition coefficient (Wildman–Crippen LogP) is 13.1. The van der Waals surface area contributed by atoms with E-state index in [1.54, 1.807) is 0 Å². The van der Waals surface area contributed by atoms with Gasteiger partial charge in [-0.15, -0.1) is 0 Å². The lowest BCUT2D eigenvalue weighted by atomic mass is 9.85. The molecular weight excluding hydrogens is 1170 g/mol. The number of likely N-dealkylation sites (tertiary alicyclic amines) is 6. The van der Waals surface area contributed by atoms with E-state index in [9.17, 15) is 29.7 Å². The fourth-order valence-electron chi connectivity index (χ4n) is 16.0. The first-order chi connectivity index (χ1) is 44.6. The Morgan fingerprint density at radius 1 is 0.376 bits per heavy atom. The third-order valence-corrected chi connectivity index (χ3v) is 20.9. The molecule has 0 saturated carbocycles. The van der Waals surface area contributed by atoms with Crippen LogP contribution in [0.5, 0.6) is 0 Å². The molecule has 12 rings (SSSR count). The van der Waals surface area contributed by atoms with E-state index < -0.39 is 16.8 Å².